The Morgan fingerprint density at radius 1 is 0.966 bits per heavy atom. The van der Waals surface area contributed by atoms with Gasteiger partial charge in [-0.2, -0.15) is 0 Å². The summed E-state index contributed by atoms with van der Waals surface area (Å²) in [7, 11) is 0. The quantitative estimate of drug-likeness (QED) is 0.596. The third-order valence-corrected chi connectivity index (χ3v) is 10.6. The van der Waals surface area contributed by atoms with Crippen LogP contribution in [0.25, 0.3) is 0 Å². The van der Waals surface area contributed by atoms with E-state index in [1.54, 1.807) is 0 Å². The minimum Gasteiger partial charge on any atom is -0.390 e. The van der Waals surface area contributed by atoms with Crippen LogP contribution in [0.3, 0.4) is 0 Å². The van der Waals surface area contributed by atoms with Crippen molar-refractivity contribution in [3.05, 3.63) is 0 Å². The number of hydrogen-bond donors (Lipinski definition) is 3. The van der Waals surface area contributed by atoms with Gasteiger partial charge in [0.05, 0.1) is 11.2 Å². The minimum absolute atomic E-state index is 0.0824. The molecule has 3 nitrogen and oxygen atoms in total. The van der Waals surface area contributed by atoms with Crippen LogP contribution in [-0.2, 0) is 0 Å². The maximum absolute atomic E-state index is 10.6. The van der Waals surface area contributed by atoms with Crippen molar-refractivity contribution < 1.29 is 10.2 Å². The Bertz CT molecular complexity index is 610. The summed E-state index contributed by atoms with van der Waals surface area (Å²) in [6, 6.07) is 0. The molecular weight excluding hydrogens is 358 g/mol. The van der Waals surface area contributed by atoms with Gasteiger partial charge in [-0.3, -0.25) is 0 Å². The van der Waals surface area contributed by atoms with E-state index in [4.69, 9.17) is 5.73 Å². The standard InChI is InChI=1S/C26H47NO2/c1-17(8-12-23(2,3)28)26(27)15-11-22-21-7-6-18-16-24(4,29)13-9-19(18)20(21)10-14-25(22,26)5/h17-22,28-29H,6-16,27H2,1-5H3/t17-,18-,19+,20?,21?,22?,24-,25+,26+/m1/s1. The first-order chi connectivity index (χ1) is 13.4. The fourth-order valence-electron chi connectivity index (χ4n) is 8.83. The molecule has 168 valence electrons. The highest BCUT2D eigenvalue weighted by Crippen LogP contribution is 2.66. The third kappa shape index (κ3) is 3.72. The van der Waals surface area contributed by atoms with Crippen molar-refractivity contribution in [2.75, 3.05) is 0 Å². The lowest BCUT2D eigenvalue weighted by atomic mass is 9.47. The molecule has 0 aliphatic heterocycles. The summed E-state index contributed by atoms with van der Waals surface area (Å²) in [6.45, 7) is 10.8. The van der Waals surface area contributed by atoms with E-state index in [2.05, 4.69) is 20.8 Å². The second-order valence-electron chi connectivity index (χ2n) is 13.0. The summed E-state index contributed by atoms with van der Waals surface area (Å²) in [6.07, 6.45) is 12.9. The molecule has 0 aromatic rings. The zero-order valence-electron chi connectivity index (χ0n) is 19.7. The van der Waals surface area contributed by atoms with E-state index in [9.17, 15) is 10.2 Å². The minimum atomic E-state index is -0.595. The van der Waals surface area contributed by atoms with Crippen LogP contribution in [0, 0.1) is 40.9 Å². The molecule has 0 radical (unpaired) electrons. The van der Waals surface area contributed by atoms with Gasteiger partial charge in [-0.1, -0.05) is 13.8 Å². The van der Waals surface area contributed by atoms with Gasteiger partial charge in [-0.15, -0.1) is 0 Å². The van der Waals surface area contributed by atoms with Crippen molar-refractivity contribution in [2.45, 2.75) is 122 Å². The molecule has 0 aromatic carbocycles. The van der Waals surface area contributed by atoms with Crippen LogP contribution >= 0.6 is 0 Å². The maximum Gasteiger partial charge on any atom is 0.0622 e. The van der Waals surface area contributed by atoms with Gasteiger partial charge in [0.2, 0.25) is 0 Å². The highest BCUT2D eigenvalue weighted by atomic mass is 16.3. The number of aliphatic hydroxyl groups is 2. The number of hydrogen-bond acceptors (Lipinski definition) is 3. The van der Waals surface area contributed by atoms with Crippen LogP contribution in [0.4, 0.5) is 0 Å². The van der Waals surface area contributed by atoms with E-state index in [1.165, 1.54) is 38.5 Å². The van der Waals surface area contributed by atoms with Crippen molar-refractivity contribution in [3.63, 3.8) is 0 Å². The molecule has 0 bridgehead atoms. The predicted molar refractivity (Wildman–Crippen MR) is 119 cm³/mol. The summed E-state index contributed by atoms with van der Waals surface area (Å²) in [4.78, 5) is 0. The van der Waals surface area contributed by atoms with Crippen molar-refractivity contribution in [3.8, 4) is 0 Å². The molecule has 0 amide bonds. The molecule has 4 rings (SSSR count). The fraction of sp³-hybridized carbons (Fsp3) is 1.00. The molecule has 4 N–H and O–H groups in total. The third-order valence-electron chi connectivity index (χ3n) is 10.6. The van der Waals surface area contributed by atoms with E-state index in [1.807, 2.05) is 13.8 Å². The molecule has 0 saturated heterocycles. The number of nitrogens with two attached hydrogens (primary N) is 1. The normalized spacial score (nSPS) is 51.1. The fourth-order valence-corrected chi connectivity index (χ4v) is 8.83. The Labute approximate surface area is 179 Å². The summed E-state index contributed by atoms with van der Waals surface area (Å²) >= 11 is 0. The van der Waals surface area contributed by atoms with E-state index in [0.29, 0.717) is 5.92 Å². The van der Waals surface area contributed by atoms with Crippen LogP contribution in [0.5, 0.6) is 0 Å². The van der Waals surface area contributed by atoms with Crippen molar-refractivity contribution in [1.29, 1.82) is 0 Å². The average Bonchev–Trinajstić information content (AvgIpc) is 2.90. The lowest BCUT2D eigenvalue weighted by Gasteiger charge is -2.59. The van der Waals surface area contributed by atoms with Crippen LogP contribution in [-0.4, -0.2) is 27.0 Å². The number of rotatable bonds is 4. The van der Waals surface area contributed by atoms with Gasteiger partial charge >= 0.3 is 0 Å². The largest absolute Gasteiger partial charge is 0.390 e. The molecule has 0 aromatic heterocycles. The van der Waals surface area contributed by atoms with Gasteiger partial charge in [-0.05, 0) is 132 Å². The highest BCUT2D eigenvalue weighted by Gasteiger charge is 2.63. The Kier molecular flexibility index (Phi) is 5.49. The lowest BCUT2D eigenvalue weighted by Crippen LogP contribution is -2.60. The zero-order valence-corrected chi connectivity index (χ0v) is 19.7. The Morgan fingerprint density at radius 2 is 1.66 bits per heavy atom. The van der Waals surface area contributed by atoms with Gasteiger partial charge < -0.3 is 15.9 Å². The zero-order chi connectivity index (χ0) is 21.2. The van der Waals surface area contributed by atoms with Gasteiger partial charge in [0.15, 0.2) is 0 Å². The average molecular weight is 406 g/mol. The van der Waals surface area contributed by atoms with Crippen molar-refractivity contribution in [2.24, 2.45) is 46.7 Å². The summed E-state index contributed by atoms with van der Waals surface area (Å²) < 4.78 is 0. The first kappa shape index (κ1) is 22.1. The second kappa shape index (κ2) is 7.20. The van der Waals surface area contributed by atoms with E-state index in [-0.39, 0.29) is 11.0 Å². The van der Waals surface area contributed by atoms with Gasteiger partial charge in [0, 0.05) is 5.54 Å². The van der Waals surface area contributed by atoms with Crippen LogP contribution in [0.1, 0.15) is 105 Å². The monoisotopic (exact) mass is 405 g/mol. The van der Waals surface area contributed by atoms with Gasteiger partial charge in [0.25, 0.3) is 0 Å². The summed E-state index contributed by atoms with van der Waals surface area (Å²) in [5.41, 5.74) is 6.44. The van der Waals surface area contributed by atoms with Crippen LogP contribution in [0.15, 0.2) is 0 Å². The SMILES string of the molecule is C[C@H](CCC(C)(C)O)[C@@]1(N)CCC2C3CC[C@@H]4C[C@](C)(O)CC[C@@H]4C3CC[C@@]21C. The molecule has 4 aliphatic rings. The lowest BCUT2D eigenvalue weighted by molar-refractivity contribution is -0.106. The molecule has 9 atom stereocenters. The first-order valence-electron chi connectivity index (χ1n) is 12.6. The molecule has 4 saturated carbocycles. The smallest absolute Gasteiger partial charge is 0.0622 e. The van der Waals surface area contributed by atoms with E-state index >= 15 is 0 Å². The molecule has 4 fully saturated rings. The second-order valence-corrected chi connectivity index (χ2v) is 13.0. The molecule has 3 unspecified atom stereocenters. The Balaban J connectivity index is 1.50. The van der Waals surface area contributed by atoms with Crippen LogP contribution in [0.2, 0.25) is 0 Å². The van der Waals surface area contributed by atoms with Crippen molar-refractivity contribution in [1.82, 2.24) is 0 Å². The number of fused-ring (bicyclic) bond motifs is 5. The Morgan fingerprint density at radius 3 is 2.34 bits per heavy atom. The van der Waals surface area contributed by atoms with E-state index < -0.39 is 11.2 Å². The summed E-state index contributed by atoms with van der Waals surface area (Å²) in [5, 5.41) is 20.8. The maximum atomic E-state index is 10.6. The molecule has 29 heavy (non-hydrogen) atoms. The first-order valence-corrected chi connectivity index (χ1v) is 12.6. The topological polar surface area (TPSA) is 66.5 Å². The predicted octanol–water partition coefficient (Wildman–Crippen LogP) is 5.27. The highest BCUT2D eigenvalue weighted by molar-refractivity contribution is 5.16. The van der Waals surface area contributed by atoms with Gasteiger partial charge in [-0.25, -0.2) is 0 Å². The van der Waals surface area contributed by atoms with Gasteiger partial charge in [0.1, 0.15) is 0 Å². The molecule has 0 heterocycles. The summed E-state index contributed by atoms with van der Waals surface area (Å²) in [5.74, 6) is 4.56. The Hall–Kier alpha value is -0.120. The van der Waals surface area contributed by atoms with Crippen LogP contribution < -0.4 is 5.73 Å². The van der Waals surface area contributed by atoms with E-state index in [0.717, 1.165) is 61.7 Å². The van der Waals surface area contributed by atoms with Crippen molar-refractivity contribution >= 4 is 0 Å². The molecule has 4 aliphatic carbocycles. The molecule has 0 spiro atoms. The molecule has 3 heteroatoms. The molecular formula is C26H47NO2.